The van der Waals surface area contributed by atoms with Gasteiger partial charge in [0.25, 0.3) is 17.7 Å². The number of imidazole rings is 1. The third-order valence-electron chi connectivity index (χ3n) is 4.79. The first kappa shape index (κ1) is 24.9. The van der Waals surface area contributed by atoms with Gasteiger partial charge in [0.1, 0.15) is 5.69 Å². The van der Waals surface area contributed by atoms with E-state index in [-0.39, 0.29) is 32.6 Å². The lowest BCUT2D eigenvalue weighted by Crippen LogP contribution is -2.26. The molecule has 1 unspecified atom stereocenters. The SMILES string of the molecule is CCNC(=O)c1nc[nH]c1C(=O)Nc1ccc(NC(=O)c2ccc(S(=N)(=O)CC)cc2Cl)cc1. The summed E-state index contributed by atoms with van der Waals surface area (Å²) in [5.74, 6) is -1.34. The number of halogens is 1. The number of H-pyrrole nitrogens is 1. The van der Waals surface area contributed by atoms with E-state index in [1.54, 1.807) is 38.1 Å². The Morgan fingerprint density at radius 1 is 1.00 bits per heavy atom. The molecule has 0 saturated heterocycles. The predicted octanol–water partition coefficient (Wildman–Crippen LogP) is 3.74. The van der Waals surface area contributed by atoms with Crippen LogP contribution in [0.15, 0.2) is 53.7 Å². The summed E-state index contributed by atoms with van der Waals surface area (Å²) < 4.78 is 20.0. The van der Waals surface area contributed by atoms with E-state index in [0.717, 1.165) is 0 Å². The van der Waals surface area contributed by atoms with Crippen LogP contribution < -0.4 is 16.0 Å². The molecule has 12 heteroatoms. The minimum absolute atomic E-state index is 0.00805. The summed E-state index contributed by atoms with van der Waals surface area (Å²) in [7, 11) is -2.94. The number of benzene rings is 2. The van der Waals surface area contributed by atoms with E-state index in [0.29, 0.717) is 17.9 Å². The lowest BCUT2D eigenvalue weighted by Gasteiger charge is -2.10. The maximum atomic E-state index is 12.6. The van der Waals surface area contributed by atoms with E-state index >= 15 is 0 Å². The Hall–Kier alpha value is -3.70. The molecule has 0 spiro atoms. The quantitative estimate of drug-likeness (QED) is 0.317. The molecule has 0 saturated carbocycles. The number of carbonyl (C=O) groups excluding carboxylic acids is 3. The van der Waals surface area contributed by atoms with Crippen molar-refractivity contribution < 1.29 is 18.6 Å². The van der Waals surface area contributed by atoms with Gasteiger partial charge in [0.05, 0.1) is 26.6 Å². The number of amides is 3. The van der Waals surface area contributed by atoms with Gasteiger partial charge in [-0.05, 0) is 49.4 Å². The van der Waals surface area contributed by atoms with Gasteiger partial charge in [-0.3, -0.25) is 14.4 Å². The first-order valence-electron chi connectivity index (χ1n) is 10.3. The van der Waals surface area contributed by atoms with Crippen molar-refractivity contribution in [3.05, 3.63) is 70.8 Å². The van der Waals surface area contributed by atoms with Crippen LogP contribution in [0.25, 0.3) is 0 Å². The van der Waals surface area contributed by atoms with Crippen LogP contribution >= 0.6 is 11.6 Å². The summed E-state index contributed by atoms with van der Waals surface area (Å²) in [4.78, 5) is 44.0. The predicted molar refractivity (Wildman–Crippen MR) is 130 cm³/mol. The molecule has 0 radical (unpaired) electrons. The van der Waals surface area contributed by atoms with Crippen molar-refractivity contribution in [2.45, 2.75) is 18.7 Å². The molecule has 0 aliphatic heterocycles. The van der Waals surface area contributed by atoms with Gasteiger partial charge >= 0.3 is 0 Å². The van der Waals surface area contributed by atoms with Crippen LogP contribution in [0.3, 0.4) is 0 Å². The third-order valence-corrected chi connectivity index (χ3v) is 6.93. The molecule has 1 atom stereocenters. The minimum Gasteiger partial charge on any atom is -0.351 e. The topological polar surface area (TPSA) is 157 Å². The van der Waals surface area contributed by atoms with Crippen LogP contribution in [0, 0.1) is 4.78 Å². The molecule has 3 amide bonds. The molecule has 0 aliphatic rings. The number of nitrogens with one attached hydrogen (secondary N) is 5. The second kappa shape index (κ2) is 10.5. The molecule has 0 aliphatic carbocycles. The van der Waals surface area contributed by atoms with Gasteiger partial charge in [0.15, 0.2) is 5.69 Å². The number of rotatable bonds is 8. The zero-order valence-electron chi connectivity index (χ0n) is 18.4. The van der Waals surface area contributed by atoms with Crippen molar-refractivity contribution >= 4 is 50.4 Å². The molecule has 34 heavy (non-hydrogen) atoms. The highest BCUT2D eigenvalue weighted by atomic mass is 35.5. The van der Waals surface area contributed by atoms with Gasteiger partial charge in [-0.2, -0.15) is 0 Å². The van der Waals surface area contributed by atoms with Crippen LogP contribution in [0.4, 0.5) is 11.4 Å². The van der Waals surface area contributed by atoms with Gasteiger partial charge in [-0.25, -0.2) is 14.0 Å². The molecule has 5 N–H and O–H groups in total. The van der Waals surface area contributed by atoms with Crippen LogP contribution in [-0.2, 0) is 9.73 Å². The monoisotopic (exact) mass is 502 g/mol. The van der Waals surface area contributed by atoms with Crippen LogP contribution in [0.2, 0.25) is 5.02 Å². The number of hydrogen-bond acceptors (Lipinski definition) is 6. The maximum Gasteiger partial charge on any atom is 0.274 e. The van der Waals surface area contributed by atoms with Gasteiger partial charge in [-0.15, -0.1) is 0 Å². The van der Waals surface area contributed by atoms with Gasteiger partial charge in [0.2, 0.25) is 0 Å². The summed E-state index contributed by atoms with van der Waals surface area (Å²) in [5.41, 5.74) is 1.08. The molecule has 0 bridgehead atoms. The zero-order valence-corrected chi connectivity index (χ0v) is 20.0. The summed E-state index contributed by atoms with van der Waals surface area (Å²) in [6.45, 7) is 3.81. The first-order chi connectivity index (χ1) is 16.2. The largest absolute Gasteiger partial charge is 0.351 e. The van der Waals surface area contributed by atoms with Gasteiger partial charge in [0, 0.05) is 28.6 Å². The molecule has 178 valence electrons. The molecule has 0 fully saturated rings. The van der Waals surface area contributed by atoms with E-state index in [9.17, 15) is 18.6 Å². The Labute approximate surface area is 201 Å². The van der Waals surface area contributed by atoms with Crippen molar-refractivity contribution in [1.29, 1.82) is 4.78 Å². The van der Waals surface area contributed by atoms with Crippen molar-refractivity contribution in [1.82, 2.24) is 15.3 Å². The van der Waals surface area contributed by atoms with Crippen molar-refractivity contribution in [3.63, 3.8) is 0 Å². The molecule has 3 rings (SSSR count). The van der Waals surface area contributed by atoms with E-state index < -0.39 is 27.5 Å². The minimum atomic E-state index is -2.94. The van der Waals surface area contributed by atoms with Crippen molar-refractivity contribution in [2.75, 3.05) is 22.9 Å². The highest BCUT2D eigenvalue weighted by Gasteiger charge is 2.20. The number of carbonyl (C=O) groups is 3. The normalized spacial score (nSPS) is 12.4. The molecule has 2 aromatic carbocycles. The first-order valence-corrected chi connectivity index (χ1v) is 12.4. The average molecular weight is 503 g/mol. The third kappa shape index (κ3) is 5.61. The molecule has 1 aromatic heterocycles. The number of aromatic amines is 1. The molecular weight excluding hydrogens is 480 g/mol. The van der Waals surface area contributed by atoms with Gasteiger partial charge < -0.3 is 20.9 Å². The van der Waals surface area contributed by atoms with Crippen LogP contribution in [0.5, 0.6) is 0 Å². The molecule has 1 heterocycles. The molecule has 10 nitrogen and oxygen atoms in total. The Balaban J connectivity index is 1.68. The lowest BCUT2D eigenvalue weighted by molar-refractivity contribution is 0.0937. The Morgan fingerprint density at radius 3 is 2.18 bits per heavy atom. The van der Waals surface area contributed by atoms with E-state index in [2.05, 4.69) is 25.9 Å². The highest BCUT2D eigenvalue weighted by Crippen LogP contribution is 2.23. The number of hydrogen-bond donors (Lipinski definition) is 5. The standard InChI is InChI=1S/C22H23ClN6O4S/c1-3-25-21(31)18-19(27-12-26-18)22(32)29-14-7-5-13(6-8-14)28-20(30)16-10-9-15(11-17(16)23)34(24,33)4-2/h5-12,24H,3-4H2,1-2H3,(H,25,31)(H,26,27)(H,28,30)(H,29,32). The summed E-state index contributed by atoms with van der Waals surface area (Å²) >= 11 is 6.19. The average Bonchev–Trinajstić information content (AvgIpc) is 3.31. The van der Waals surface area contributed by atoms with Crippen LogP contribution in [0.1, 0.15) is 45.2 Å². The van der Waals surface area contributed by atoms with E-state index in [4.69, 9.17) is 16.4 Å². The number of anilines is 2. The fourth-order valence-electron chi connectivity index (χ4n) is 2.96. The molecular formula is C22H23ClN6O4S. The summed E-state index contributed by atoms with van der Waals surface area (Å²) in [6, 6.07) is 10.6. The summed E-state index contributed by atoms with van der Waals surface area (Å²) in [6.07, 6.45) is 1.26. The van der Waals surface area contributed by atoms with Crippen LogP contribution in [-0.4, -0.2) is 44.2 Å². The Kier molecular flexibility index (Phi) is 7.69. The second-order valence-electron chi connectivity index (χ2n) is 7.08. The van der Waals surface area contributed by atoms with Gasteiger partial charge in [-0.1, -0.05) is 18.5 Å². The fraction of sp³-hybridized carbons (Fsp3) is 0.182. The molecule has 3 aromatic rings. The maximum absolute atomic E-state index is 12.6. The smallest absolute Gasteiger partial charge is 0.274 e. The van der Waals surface area contributed by atoms with E-state index in [1.807, 2.05) is 0 Å². The fourth-order valence-corrected chi connectivity index (χ4v) is 4.22. The highest BCUT2D eigenvalue weighted by molar-refractivity contribution is 7.92. The second-order valence-corrected chi connectivity index (χ2v) is 9.88. The van der Waals surface area contributed by atoms with E-state index in [1.165, 1.54) is 24.5 Å². The Morgan fingerprint density at radius 2 is 1.62 bits per heavy atom. The Bertz CT molecular complexity index is 1340. The van der Waals surface area contributed by atoms with Crippen molar-refractivity contribution in [2.24, 2.45) is 0 Å². The van der Waals surface area contributed by atoms with Crippen molar-refractivity contribution in [3.8, 4) is 0 Å². The lowest BCUT2D eigenvalue weighted by atomic mass is 10.2. The summed E-state index contributed by atoms with van der Waals surface area (Å²) in [5, 5.41) is 8.03. The zero-order chi connectivity index (χ0) is 24.9. The number of nitrogens with zero attached hydrogens (tertiary/aromatic N) is 1. The number of aromatic nitrogens is 2.